The molecule has 19 heavy (non-hydrogen) atoms. The molecule has 0 radical (unpaired) electrons. The van der Waals surface area contributed by atoms with Gasteiger partial charge in [0.25, 0.3) is 0 Å². The monoisotopic (exact) mass is 318 g/mol. The van der Waals surface area contributed by atoms with Crippen molar-refractivity contribution in [2.24, 2.45) is 5.73 Å². The lowest BCUT2D eigenvalue weighted by Crippen LogP contribution is -2.32. The summed E-state index contributed by atoms with van der Waals surface area (Å²) in [6, 6.07) is 14.0. The Hall–Kier alpha value is -1.06. The van der Waals surface area contributed by atoms with Crippen LogP contribution in [0.15, 0.2) is 40.9 Å². The quantitative estimate of drug-likeness (QED) is 0.867. The number of halogens is 1. The van der Waals surface area contributed by atoms with E-state index in [-0.39, 0.29) is 0 Å². The molecule has 1 aliphatic rings. The number of hydrogen-bond acceptors (Lipinski definition) is 2. The average Bonchev–Trinajstić information content (AvgIpc) is 2.42. The zero-order valence-electron chi connectivity index (χ0n) is 10.9. The number of nitrogens with two attached hydrogens (primary N) is 1. The van der Waals surface area contributed by atoms with Crippen molar-refractivity contribution in [2.45, 2.75) is 37.8 Å². The van der Waals surface area contributed by atoms with Gasteiger partial charge in [-0.2, -0.15) is 0 Å². The number of rotatable bonds is 2. The fourth-order valence-corrected chi connectivity index (χ4v) is 3.18. The molecule has 0 bridgehead atoms. The van der Waals surface area contributed by atoms with Gasteiger partial charge in [-0.3, -0.25) is 0 Å². The Kier molecular flexibility index (Phi) is 3.76. The number of hydrogen-bond donors (Lipinski definition) is 2. The molecular weight excluding hydrogens is 300 g/mol. The Balaban J connectivity index is 1.76. The first kappa shape index (κ1) is 12.9. The summed E-state index contributed by atoms with van der Waals surface area (Å²) in [6.07, 6.45) is 4.63. The standard InChI is InChI=1S/C16H19BrN2/c17-13-3-1-12-10-16(6-2-11(12)9-13)19-15-7-4-14(18)5-8-15/h1-3,6,9-10,14-15,19H,4-5,7-8,18H2. The van der Waals surface area contributed by atoms with Crippen LogP contribution >= 0.6 is 15.9 Å². The van der Waals surface area contributed by atoms with Gasteiger partial charge in [0.1, 0.15) is 0 Å². The number of nitrogens with one attached hydrogen (secondary N) is 1. The third kappa shape index (κ3) is 3.10. The topological polar surface area (TPSA) is 38.0 Å². The predicted octanol–water partition coefficient (Wildman–Crippen LogP) is 4.28. The third-order valence-electron chi connectivity index (χ3n) is 3.94. The predicted molar refractivity (Wildman–Crippen MR) is 85.5 cm³/mol. The van der Waals surface area contributed by atoms with E-state index in [0.717, 1.165) is 17.3 Å². The summed E-state index contributed by atoms with van der Waals surface area (Å²) in [5.41, 5.74) is 7.16. The second-order valence-corrected chi connectivity index (χ2v) is 6.38. The van der Waals surface area contributed by atoms with Crippen LogP contribution in [0, 0.1) is 0 Å². The molecule has 1 saturated carbocycles. The van der Waals surface area contributed by atoms with Crippen molar-refractivity contribution in [1.82, 2.24) is 0 Å². The molecule has 0 saturated heterocycles. The third-order valence-corrected chi connectivity index (χ3v) is 4.44. The number of fused-ring (bicyclic) bond motifs is 1. The van der Waals surface area contributed by atoms with E-state index >= 15 is 0 Å². The van der Waals surface area contributed by atoms with Gasteiger partial charge in [-0.05, 0) is 60.7 Å². The van der Waals surface area contributed by atoms with Gasteiger partial charge in [-0.15, -0.1) is 0 Å². The van der Waals surface area contributed by atoms with Gasteiger partial charge in [-0.25, -0.2) is 0 Å². The van der Waals surface area contributed by atoms with E-state index in [1.807, 2.05) is 0 Å². The molecule has 0 atom stereocenters. The first-order valence-electron chi connectivity index (χ1n) is 6.92. The van der Waals surface area contributed by atoms with Gasteiger partial charge in [0.15, 0.2) is 0 Å². The Morgan fingerprint density at radius 1 is 0.947 bits per heavy atom. The highest BCUT2D eigenvalue weighted by molar-refractivity contribution is 9.10. The molecule has 0 heterocycles. The molecule has 3 rings (SSSR count). The molecule has 2 nitrogen and oxygen atoms in total. The van der Waals surface area contributed by atoms with Crippen LogP contribution in [0.5, 0.6) is 0 Å². The lowest BCUT2D eigenvalue weighted by molar-refractivity contribution is 0.411. The van der Waals surface area contributed by atoms with Crippen LogP contribution in [-0.4, -0.2) is 12.1 Å². The minimum absolute atomic E-state index is 0.409. The molecule has 0 aliphatic heterocycles. The molecule has 3 N–H and O–H groups in total. The van der Waals surface area contributed by atoms with Crippen LogP contribution in [0.3, 0.4) is 0 Å². The van der Waals surface area contributed by atoms with Crippen molar-refractivity contribution < 1.29 is 0 Å². The molecule has 2 aromatic carbocycles. The molecule has 0 unspecified atom stereocenters. The van der Waals surface area contributed by atoms with Gasteiger partial charge in [0.2, 0.25) is 0 Å². The second-order valence-electron chi connectivity index (χ2n) is 5.46. The smallest absolute Gasteiger partial charge is 0.0348 e. The Morgan fingerprint density at radius 3 is 2.42 bits per heavy atom. The zero-order valence-corrected chi connectivity index (χ0v) is 12.5. The molecule has 2 aromatic rings. The molecular formula is C16H19BrN2. The Bertz CT molecular complexity index is 574. The number of benzene rings is 2. The summed E-state index contributed by atoms with van der Waals surface area (Å²) in [6.45, 7) is 0. The van der Waals surface area contributed by atoms with Gasteiger partial charge in [-0.1, -0.05) is 28.1 Å². The van der Waals surface area contributed by atoms with E-state index in [2.05, 4.69) is 57.6 Å². The van der Waals surface area contributed by atoms with E-state index in [0.29, 0.717) is 12.1 Å². The van der Waals surface area contributed by atoms with Crippen molar-refractivity contribution in [3.05, 3.63) is 40.9 Å². The van der Waals surface area contributed by atoms with E-state index < -0.39 is 0 Å². The molecule has 1 aliphatic carbocycles. The molecule has 3 heteroatoms. The number of anilines is 1. The van der Waals surface area contributed by atoms with Crippen LogP contribution in [-0.2, 0) is 0 Å². The summed E-state index contributed by atoms with van der Waals surface area (Å²) in [4.78, 5) is 0. The van der Waals surface area contributed by atoms with Gasteiger partial charge in [0.05, 0.1) is 0 Å². The van der Waals surface area contributed by atoms with Crippen molar-refractivity contribution in [3.63, 3.8) is 0 Å². The van der Waals surface area contributed by atoms with Gasteiger partial charge < -0.3 is 11.1 Å². The summed E-state index contributed by atoms with van der Waals surface area (Å²) in [5.74, 6) is 0. The van der Waals surface area contributed by atoms with Crippen molar-refractivity contribution >= 4 is 32.4 Å². The summed E-state index contributed by atoms with van der Waals surface area (Å²) in [7, 11) is 0. The van der Waals surface area contributed by atoms with Crippen molar-refractivity contribution in [2.75, 3.05) is 5.32 Å². The molecule has 1 fully saturated rings. The fraction of sp³-hybridized carbons (Fsp3) is 0.375. The Morgan fingerprint density at radius 2 is 1.63 bits per heavy atom. The molecule has 0 spiro atoms. The largest absolute Gasteiger partial charge is 0.382 e. The van der Waals surface area contributed by atoms with Crippen LogP contribution in [0.25, 0.3) is 10.8 Å². The maximum Gasteiger partial charge on any atom is 0.0348 e. The lowest BCUT2D eigenvalue weighted by atomic mass is 9.91. The lowest BCUT2D eigenvalue weighted by Gasteiger charge is -2.27. The first-order chi connectivity index (χ1) is 9.20. The minimum atomic E-state index is 0.409. The zero-order chi connectivity index (χ0) is 13.2. The van der Waals surface area contributed by atoms with Gasteiger partial charge in [0, 0.05) is 22.2 Å². The van der Waals surface area contributed by atoms with Crippen LogP contribution in [0.2, 0.25) is 0 Å². The van der Waals surface area contributed by atoms with Crippen LogP contribution < -0.4 is 11.1 Å². The second kappa shape index (κ2) is 5.51. The van der Waals surface area contributed by atoms with E-state index in [9.17, 15) is 0 Å². The molecule has 100 valence electrons. The van der Waals surface area contributed by atoms with Crippen LogP contribution in [0.4, 0.5) is 5.69 Å². The molecule has 0 aromatic heterocycles. The summed E-state index contributed by atoms with van der Waals surface area (Å²) >= 11 is 3.51. The maximum atomic E-state index is 5.95. The summed E-state index contributed by atoms with van der Waals surface area (Å²) in [5, 5.41) is 6.19. The van der Waals surface area contributed by atoms with Crippen LogP contribution in [0.1, 0.15) is 25.7 Å². The normalized spacial score (nSPS) is 23.5. The van der Waals surface area contributed by atoms with E-state index in [4.69, 9.17) is 5.73 Å². The van der Waals surface area contributed by atoms with Crippen molar-refractivity contribution in [3.8, 4) is 0 Å². The highest BCUT2D eigenvalue weighted by Gasteiger charge is 2.18. The fourth-order valence-electron chi connectivity index (χ4n) is 2.81. The van der Waals surface area contributed by atoms with E-state index in [1.165, 1.54) is 29.3 Å². The highest BCUT2D eigenvalue weighted by Crippen LogP contribution is 2.25. The van der Waals surface area contributed by atoms with Gasteiger partial charge >= 0.3 is 0 Å². The SMILES string of the molecule is NC1CCC(Nc2ccc3cc(Br)ccc3c2)CC1. The molecule has 0 amide bonds. The first-order valence-corrected chi connectivity index (χ1v) is 7.71. The van der Waals surface area contributed by atoms with Crippen molar-refractivity contribution in [1.29, 1.82) is 0 Å². The minimum Gasteiger partial charge on any atom is -0.382 e. The highest BCUT2D eigenvalue weighted by atomic mass is 79.9. The summed E-state index contributed by atoms with van der Waals surface area (Å²) < 4.78 is 1.13. The Labute approximate surface area is 122 Å². The maximum absolute atomic E-state index is 5.95. The van der Waals surface area contributed by atoms with E-state index in [1.54, 1.807) is 0 Å². The average molecular weight is 319 g/mol.